The molecule has 0 aromatic heterocycles. The fourth-order valence-electron chi connectivity index (χ4n) is 0.845. The largest absolute Gasteiger partial charge is 0.343 e. The minimum atomic E-state index is -3.22. The highest BCUT2D eigenvalue weighted by Gasteiger charge is 2.06. The predicted molar refractivity (Wildman–Crippen MR) is 50.4 cm³/mol. The van der Waals surface area contributed by atoms with Gasteiger partial charge in [0.1, 0.15) is 0 Å². The van der Waals surface area contributed by atoms with E-state index in [1.807, 2.05) is 0 Å². The highest BCUT2D eigenvalue weighted by atomic mass is 32.2. The van der Waals surface area contributed by atoms with E-state index in [0.717, 1.165) is 6.26 Å². The lowest BCUT2D eigenvalue weighted by Gasteiger charge is -1.98. The summed E-state index contributed by atoms with van der Waals surface area (Å²) in [6, 6.07) is 5.34. The monoisotopic (exact) mass is 220 g/mol. The van der Waals surface area contributed by atoms with Gasteiger partial charge in [-0.25, -0.2) is 8.42 Å². The van der Waals surface area contributed by atoms with Gasteiger partial charge in [-0.1, -0.05) is 0 Å². The van der Waals surface area contributed by atoms with Gasteiger partial charge in [-0.2, -0.15) is 0 Å². The molecule has 0 aliphatic rings. The maximum absolute atomic E-state index is 11.0. The summed E-state index contributed by atoms with van der Waals surface area (Å²) in [5.41, 5.74) is 0. The van der Waals surface area contributed by atoms with E-state index in [4.69, 9.17) is 4.89 Å². The molecule has 1 N–H and O–H groups in total. The van der Waals surface area contributed by atoms with Crippen LogP contribution in [0.4, 0.5) is 0 Å². The van der Waals surface area contributed by atoms with E-state index >= 15 is 0 Å². The van der Waals surface area contributed by atoms with E-state index in [1.54, 1.807) is 0 Å². The molecule has 0 saturated carbocycles. The molecule has 0 fully saturated rings. The SMILES string of the molecule is CS(=O)(=O)c1ccc([PH](=O)O)cc1. The van der Waals surface area contributed by atoms with Gasteiger partial charge >= 0.3 is 0 Å². The lowest BCUT2D eigenvalue weighted by Crippen LogP contribution is -2.00. The topological polar surface area (TPSA) is 71.4 Å². The average Bonchev–Trinajstić information content (AvgIpc) is 2.03. The summed E-state index contributed by atoms with van der Waals surface area (Å²) < 4.78 is 32.6. The molecule has 1 atom stereocenters. The molecule has 0 aliphatic heterocycles. The molecule has 0 bridgehead atoms. The molecule has 0 spiro atoms. The van der Waals surface area contributed by atoms with Gasteiger partial charge in [-0.3, -0.25) is 4.57 Å². The standard InChI is InChI=1S/C7H9O4PS/c1-13(10,11)7-4-2-6(3-5-7)12(8)9/h2-5,12H,1H3,(H,8,9). The van der Waals surface area contributed by atoms with Crippen LogP contribution < -0.4 is 5.30 Å². The van der Waals surface area contributed by atoms with Crippen LogP contribution in [0, 0.1) is 0 Å². The van der Waals surface area contributed by atoms with E-state index < -0.39 is 17.9 Å². The smallest absolute Gasteiger partial charge is 0.218 e. The van der Waals surface area contributed by atoms with Crippen molar-refractivity contribution < 1.29 is 17.9 Å². The van der Waals surface area contributed by atoms with Crippen molar-refractivity contribution in [2.75, 3.05) is 6.26 Å². The third-order valence-corrected chi connectivity index (χ3v) is 3.49. The predicted octanol–water partition coefficient (Wildman–Crippen LogP) is 0.182. The van der Waals surface area contributed by atoms with Crippen molar-refractivity contribution in [2.45, 2.75) is 4.90 Å². The first kappa shape index (κ1) is 10.4. The Balaban J connectivity index is 3.16. The normalized spacial score (nSPS) is 14.0. The summed E-state index contributed by atoms with van der Waals surface area (Å²) >= 11 is 0. The number of benzene rings is 1. The highest BCUT2D eigenvalue weighted by Crippen LogP contribution is 2.14. The van der Waals surface area contributed by atoms with Crippen molar-refractivity contribution in [3.05, 3.63) is 24.3 Å². The second kappa shape index (κ2) is 3.62. The quantitative estimate of drug-likeness (QED) is 0.722. The Morgan fingerprint density at radius 2 is 1.69 bits per heavy atom. The van der Waals surface area contributed by atoms with Crippen molar-refractivity contribution in [1.29, 1.82) is 0 Å². The molecule has 13 heavy (non-hydrogen) atoms. The molecule has 72 valence electrons. The molecule has 1 aromatic rings. The maximum atomic E-state index is 11.0. The van der Waals surface area contributed by atoms with Gasteiger partial charge in [-0.05, 0) is 24.3 Å². The Labute approximate surface area is 77.0 Å². The van der Waals surface area contributed by atoms with E-state index in [9.17, 15) is 13.0 Å². The summed E-state index contributed by atoms with van der Waals surface area (Å²) in [7, 11) is -5.94. The van der Waals surface area contributed by atoms with Crippen LogP contribution in [-0.2, 0) is 14.4 Å². The Kier molecular flexibility index (Phi) is 2.91. The van der Waals surface area contributed by atoms with Gasteiger partial charge in [0.25, 0.3) is 0 Å². The van der Waals surface area contributed by atoms with Crippen molar-refractivity contribution >= 4 is 23.2 Å². The van der Waals surface area contributed by atoms with Crippen LogP contribution >= 0.6 is 8.03 Å². The summed E-state index contributed by atoms with van der Waals surface area (Å²) in [6.07, 6.45) is 1.09. The molecule has 0 amide bonds. The zero-order valence-electron chi connectivity index (χ0n) is 6.89. The zero-order valence-corrected chi connectivity index (χ0v) is 8.71. The van der Waals surface area contributed by atoms with Crippen LogP contribution in [0.25, 0.3) is 0 Å². The van der Waals surface area contributed by atoms with Crippen LogP contribution in [-0.4, -0.2) is 19.6 Å². The lowest BCUT2D eigenvalue weighted by atomic mass is 10.4. The van der Waals surface area contributed by atoms with Gasteiger partial charge < -0.3 is 4.89 Å². The number of hydrogen-bond acceptors (Lipinski definition) is 3. The molecule has 6 heteroatoms. The Hall–Kier alpha value is -0.640. The van der Waals surface area contributed by atoms with Gasteiger partial charge in [0.05, 0.1) is 4.90 Å². The molecule has 0 saturated heterocycles. The fraction of sp³-hybridized carbons (Fsp3) is 0.143. The molecule has 1 unspecified atom stereocenters. The van der Waals surface area contributed by atoms with E-state index in [2.05, 4.69) is 0 Å². The molecule has 4 nitrogen and oxygen atoms in total. The van der Waals surface area contributed by atoms with Crippen molar-refractivity contribution in [3.8, 4) is 0 Å². The second-order valence-corrected chi connectivity index (χ2v) is 5.81. The number of rotatable bonds is 2. The first-order valence-corrected chi connectivity index (χ1v) is 6.69. The van der Waals surface area contributed by atoms with Crippen LogP contribution in [0.5, 0.6) is 0 Å². The van der Waals surface area contributed by atoms with Gasteiger partial charge in [-0.15, -0.1) is 0 Å². The van der Waals surface area contributed by atoms with Crippen LogP contribution in [0.3, 0.4) is 0 Å². The molecule has 1 rings (SSSR count). The van der Waals surface area contributed by atoms with Crippen molar-refractivity contribution in [2.24, 2.45) is 0 Å². The highest BCUT2D eigenvalue weighted by molar-refractivity contribution is 7.90. The first-order chi connectivity index (χ1) is 5.91. The van der Waals surface area contributed by atoms with E-state index in [1.165, 1.54) is 24.3 Å². The molecule has 1 aromatic carbocycles. The van der Waals surface area contributed by atoms with Gasteiger partial charge in [0.2, 0.25) is 8.03 Å². The van der Waals surface area contributed by atoms with Crippen LogP contribution in [0.1, 0.15) is 0 Å². The minimum Gasteiger partial charge on any atom is -0.343 e. The fourth-order valence-corrected chi connectivity index (χ4v) is 1.93. The molecule has 0 radical (unpaired) electrons. The Morgan fingerprint density at radius 3 is 2.00 bits per heavy atom. The third kappa shape index (κ3) is 2.66. The Morgan fingerprint density at radius 1 is 1.23 bits per heavy atom. The van der Waals surface area contributed by atoms with Crippen LogP contribution in [0.15, 0.2) is 29.2 Å². The summed E-state index contributed by atoms with van der Waals surface area (Å²) in [5.74, 6) is 0. The van der Waals surface area contributed by atoms with Gasteiger partial charge in [0, 0.05) is 11.6 Å². The van der Waals surface area contributed by atoms with Crippen LogP contribution in [0.2, 0.25) is 0 Å². The van der Waals surface area contributed by atoms with E-state index in [0.29, 0.717) is 0 Å². The summed E-state index contributed by atoms with van der Waals surface area (Å²) in [6.45, 7) is 0. The molecular formula is C7H9O4PS. The van der Waals surface area contributed by atoms with Crippen molar-refractivity contribution in [3.63, 3.8) is 0 Å². The number of sulfone groups is 1. The first-order valence-electron chi connectivity index (χ1n) is 3.44. The average molecular weight is 220 g/mol. The Bertz CT molecular complexity index is 420. The summed E-state index contributed by atoms with van der Waals surface area (Å²) in [4.78, 5) is 8.87. The molecular weight excluding hydrogens is 211 g/mol. The van der Waals surface area contributed by atoms with E-state index in [-0.39, 0.29) is 10.2 Å². The number of hydrogen-bond donors (Lipinski definition) is 1. The molecule has 0 heterocycles. The second-order valence-electron chi connectivity index (χ2n) is 2.60. The lowest BCUT2D eigenvalue weighted by molar-refractivity contribution is 0.513. The van der Waals surface area contributed by atoms with Gasteiger partial charge in [0.15, 0.2) is 9.84 Å². The third-order valence-electron chi connectivity index (χ3n) is 1.53. The minimum absolute atomic E-state index is 0.152. The zero-order chi connectivity index (χ0) is 10.1. The molecule has 0 aliphatic carbocycles. The summed E-state index contributed by atoms with van der Waals surface area (Å²) in [5, 5.41) is 0.261. The van der Waals surface area contributed by atoms with Crippen molar-refractivity contribution in [1.82, 2.24) is 0 Å². The maximum Gasteiger partial charge on any atom is 0.218 e.